The zero-order chi connectivity index (χ0) is 24.0. The van der Waals surface area contributed by atoms with Crippen molar-refractivity contribution in [3.05, 3.63) is 53.2 Å². The fraction of sp³-hybridized carbons (Fsp3) is 0.417. The van der Waals surface area contributed by atoms with E-state index in [4.69, 9.17) is 4.74 Å². The summed E-state index contributed by atoms with van der Waals surface area (Å²) in [6, 6.07) is 8.22. The van der Waals surface area contributed by atoms with Crippen molar-refractivity contribution < 1.29 is 19.1 Å². The van der Waals surface area contributed by atoms with Gasteiger partial charge in [-0.1, -0.05) is 17.7 Å². The van der Waals surface area contributed by atoms with E-state index in [9.17, 15) is 14.4 Å². The molecule has 2 heterocycles. The van der Waals surface area contributed by atoms with Crippen LogP contribution in [0, 0.1) is 13.8 Å². The van der Waals surface area contributed by atoms with Crippen LogP contribution < -0.4 is 15.5 Å². The Balaban J connectivity index is 1.49. The summed E-state index contributed by atoms with van der Waals surface area (Å²) in [6.45, 7) is 10.4. The van der Waals surface area contributed by atoms with E-state index in [1.165, 1.54) is 6.20 Å². The van der Waals surface area contributed by atoms with Crippen molar-refractivity contribution in [1.29, 1.82) is 0 Å². The number of piperazine rings is 1. The molecule has 9 heteroatoms. The number of aryl methyl sites for hydroxylation is 2. The minimum absolute atomic E-state index is 0.321. The lowest BCUT2D eigenvalue weighted by atomic mass is 10.1. The molecule has 2 aromatic rings. The smallest absolute Gasteiger partial charge is 0.339 e. The number of ether oxygens (including phenoxy) is 1. The Kier molecular flexibility index (Phi) is 8.00. The van der Waals surface area contributed by atoms with Gasteiger partial charge in [-0.2, -0.15) is 0 Å². The molecule has 3 amide bonds. The topological polar surface area (TPSA) is 104 Å². The molecule has 1 aliphatic rings. The molecule has 3 rings (SSSR count). The lowest BCUT2D eigenvalue weighted by molar-refractivity contribution is -0.124. The highest BCUT2D eigenvalue weighted by molar-refractivity contribution is 6.03. The molecule has 2 N–H and O–H groups in total. The van der Waals surface area contributed by atoms with E-state index in [0.29, 0.717) is 44.0 Å². The number of amides is 3. The Hall–Kier alpha value is -3.46. The standard InChI is InChI=1S/C24H31N5O4/c1-5-33-23(31)19-7-9-21(25-15-19)29-12-10-28(11-13-29)18(4)22(30)27-24(32)26-20-8-6-16(2)14-17(20)3/h6-9,14-15,18H,5,10-13H2,1-4H3,(H2,26,27,30,32). The molecule has 0 spiro atoms. The number of benzene rings is 1. The number of esters is 1. The van der Waals surface area contributed by atoms with Gasteiger partial charge in [-0.25, -0.2) is 14.6 Å². The molecule has 1 saturated heterocycles. The van der Waals surface area contributed by atoms with Crippen LogP contribution in [-0.4, -0.2) is 66.6 Å². The number of nitrogens with one attached hydrogen (secondary N) is 2. The third-order valence-electron chi connectivity index (χ3n) is 5.69. The summed E-state index contributed by atoms with van der Waals surface area (Å²) in [5, 5.41) is 5.17. The molecule has 1 fully saturated rings. The summed E-state index contributed by atoms with van der Waals surface area (Å²) in [5.41, 5.74) is 3.13. The zero-order valence-electron chi connectivity index (χ0n) is 19.6. The number of pyridine rings is 1. The van der Waals surface area contributed by atoms with E-state index in [0.717, 1.165) is 16.9 Å². The number of carbonyl (C=O) groups excluding carboxylic acids is 3. The fourth-order valence-corrected chi connectivity index (χ4v) is 3.74. The molecular formula is C24H31N5O4. The Labute approximate surface area is 194 Å². The number of hydrogen-bond acceptors (Lipinski definition) is 7. The van der Waals surface area contributed by atoms with Gasteiger partial charge < -0.3 is 15.0 Å². The molecule has 0 aliphatic carbocycles. The lowest BCUT2D eigenvalue weighted by Gasteiger charge is -2.37. The van der Waals surface area contributed by atoms with Gasteiger partial charge in [-0.3, -0.25) is 15.0 Å². The van der Waals surface area contributed by atoms with Gasteiger partial charge in [0.05, 0.1) is 18.2 Å². The first-order valence-electron chi connectivity index (χ1n) is 11.1. The van der Waals surface area contributed by atoms with Crippen molar-refractivity contribution in [2.24, 2.45) is 0 Å². The molecule has 9 nitrogen and oxygen atoms in total. The summed E-state index contributed by atoms with van der Waals surface area (Å²) in [5.74, 6) is 0.0399. The van der Waals surface area contributed by atoms with Gasteiger partial charge in [-0.05, 0) is 51.5 Å². The number of carbonyl (C=O) groups is 3. The van der Waals surface area contributed by atoms with E-state index >= 15 is 0 Å². The summed E-state index contributed by atoms with van der Waals surface area (Å²) < 4.78 is 4.98. The third-order valence-corrected chi connectivity index (χ3v) is 5.69. The molecule has 33 heavy (non-hydrogen) atoms. The normalized spacial score (nSPS) is 15.0. The quantitative estimate of drug-likeness (QED) is 0.648. The Morgan fingerprint density at radius 2 is 1.82 bits per heavy atom. The van der Waals surface area contributed by atoms with Crippen LogP contribution in [0.15, 0.2) is 36.5 Å². The van der Waals surface area contributed by atoms with Crippen LogP contribution in [-0.2, 0) is 9.53 Å². The molecule has 0 radical (unpaired) electrons. The van der Waals surface area contributed by atoms with Crippen molar-refractivity contribution in [3.8, 4) is 0 Å². The minimum Gasteiger partial charge on any atom is -0.462 e. The minimum atomic E-state index is -0.539. The van der Waals surface area contributed by atoms with Crippen molar-refractivity contribution in [2.45, 2.75) is 33.7 Å². The van der Waals surface area contributed by atoms with Crippen molar-refractivity contribution >= 4 is 29.4 Å². The first-order valence-corrected chi connectivity index (χ1v) is 11.1. The van der Waals surface area contributed by atoms with Crippen LogP contribution in [0.5, 0.6) is 0 Å². The number of hydrogen-bond donors (Lipinski definition) is 2. The van der Waals surface area contributed by atoms with Crippen LogP contribution in [0.1, 0.15) is 35.3 Å². The maximum absolute atomic E-state index is 12.6. The molecular weight excluding hydrogens is 422 g/mol. The van der Waals surface area contributed by atoms with Gasteiger partial charge in [0.25, 0.3) is 0 Å². The van der Waals surface area contributed by atoms with Gasteiger partial charge in [0.2, 0.25) is 5.91 Å². The van der Waals surface area contributed by atoms with Crippen molar-refractivity contribution in [3.63, 3.8) is 0 Å². The number of urea groups is 1. The number of aromatic nitrogens is 1. The monoisotopic (exact) mass is 453 g/mol. The molecule has 176 valence electrons. The highest BCUT2D eigenvalue weighted by Crippen LogP contribution is 2.17. The van der Waals surface area contributed by atoms with E-state index in [1.54, 1.807) is 26.0 Å². The highest BCUT2D eigenvalue weighted by Gasteiger charge is 2.27. The van der Waals surface area contributed by atoms with E-state index in [1.807, 2.05) is 36.9 Å². The predicted octanol–water partition coefficient (Wildman–Crippen LogP) is 2.73. The maximum Gasteiger partial charge on any atom is 0.339 e. The summed E-state index contributed by atoms with van der Waals surface area (Å²) in [4.78, 5) is 45.2. The SMILES string of the molecule is CCOC(=O)c1ccc(N2CCN(C(C)C(=O)NC(=O)Nc3ccc(C)cc3C)CC2)nc1. The first kappa shape index (κ1) is 24.2. The molecule has 1 unspecified atom stereocenters. The Morgan fingerprint density at radius 1 is 1.09 bits per heavy atom. The van der Waals surface area contributed by atoms with Gasteiger partial charge in [0, 0.05) is 38.1 Å². The zero-order valence-corrected chi connectivity index (χ0v) is 19.6. The van der Waals surface area contributed by atoms with Crippen LogP contribution in [0.25, 0.3) is 0 Å². The lowest BCUT2D eigenvalue weighted by Crippen LogP contribution is -2.55. The average molecular weight is 454 g/mol. The second-order valence-electron chi connectivity index (χ2n) is 8.09. The maximum atomic E-state index is 12.6. The Bertz CT molecular complexity index is 1000. The second-order valence-corrected chi connectivity index (χ2v) is 8.09. The van der Waals surface area contributed by atoms with Crippen LogP contribution in [0.4, 0.5) is 16.3 Å². The second kappa shape index (κ2) is 10.9. The first-order chi connectivity index (χ1) is 15.8. The number of nitrogens with zero attached hydrogens (tertiary/aromatic N) is 3. The van der Waals surface area contributed by atoms with E-state index in [-0.39, 0.29) is 11.9 Å². The van der Waals surface area contributed by atoms with Gasteiger partial charge in [-0.15, -0.1) is 0 Å². The molecule has 0 saturated carbocycles. The van der Waals surface area contributed by atoms with E-state index in [2.05, 4.69) is 20.5 Å². The number of imide groups is 1. The molecule has 1 aromatic heterocycles. The predicted molar refractivity (Wildman–Crippen MR) is 127 cm³/mol. The number of anilines is 2. The van der Waals surface area contributed by atoms with Crippen LogP contribution >= 0.6 is 0 Å². The molecule has 1 atom stereocenters. The third kappa shape index (κ3) is 6.29. The summed E-state index contributed by atoms with van der Waals surface area (Å²) >= 11 is 0. The van der Waals surface area contributed by atoms with E-state index < -0.39 is 12.1 Å². The molecule has 0 bridgehead atoms. The Morgan fingerprint density at radius 3 is 2.42 bits per heavy atom. The highest BCUT2D eigenvalue weighted by atomic mass is 16.5. The van der Waals surface area contributed by atoms with Crippen molar-refractivity contribution in [1.82, 2.24) is 15.2 Å². The van der Waals surface area contributed by atoms with Crippen LogP contribution in [0.3, 0.4) is 0 Å². The van der Waals surface area contributed by atoms with Gasteiger partial charge in [0.15, 0.2) is 0 Å². The summed E-state index contributed by atoms with van der Waals surface area (Å²) in [6.07, 6.45) is 1.52. The number of rotatable bonds is 6. The van der Waals surface area contributed by atoms with Crippen molar-refractivity contribution in [2.75, 3.05) is 43.0 Å². The van der Waals surface area contributed by atoms with Crippen LogP contribution in [0.2, 0.25) is 0 Å². The fourth-order valence-electron chi connectivity index (χ4n) is 3.74. The summed E-state index contributed by atoms with van der Waals surface area (Å²) in [7, 11) is 0. The molecule has 1 aliphatic heterocycles. The van der Waals surface area contributed by atoms with Gasteiger partial charge >= 0.3 is 12.0 Å². The van der Waals surface area contributed by atoms with Gasteiger partial charge in [0.1, 0.15) is 5.82 Å². The average Bonchev–Trinajstić information content (AvgIpc) is 2.81. The molecule has 1 aromatic carbocycles. The largest absolute Gasteiger partial charge is 0.462 e.